The van der Waals surface area contributed by atoms with E-state index in [1.165, 1.54) is 30.5 Å². The molecule has 0 aromatic carbocycles. The zero-order valence-electron chi connectivity index (χ0n) is 15.7. The second-order valence-electron chi connectivity index (χ2n) is 7.48. The van der Waals surface area contributed by atoms with Gasteiger partial charge in [0.05, 0.1) is 5.69 Å². The SMILES string of the molecule is Cc1cc(C[C@H]2CCCN(C(C)c3cnc(C)c(Br)c3)C2)cc(C)n1. The van der Waals surface area contributed by atoms with E-state index in [9.17, 15) is 0 Å². The summed E-state index contributed by atoms with van der Waals surface area (Å²) in [6, 6.07) is 7.13. The highest BCUT2D eigenvalue weighted by molar-refractivity contribution is 9.10. The molecule has 3 heterocycles. The molecule has 0 N–H and O–H groups in total. The number of nitrogens with zero attached hydrogens (tertiary/aromatic N) is 3. The minimum Gasteiger partial charge on any atom is -0.296 e. The molecule has 0 radical (unpaired) electrons. The van der Waals surface area contributed by atoms with Gasteiger partial charge < -0.3 is 0 Å². The summed E-state index contributed by atoms with van der Waals surface area (Å²) in [5.74, 6) is 0.722. The smallest absolute Gasteiger partial charge is 0.0514 e. The molecule has 2 aromatic heterocycles. The number of hydrogen-bond acceptors (Lipinski definition) is 3. The van der Waals surface area contributed by atoms with Gasteiger partial charge >= 0.3 is 0 Å². The average molecular weight is 402 g/mol. The van der Waals surface area contributed by atoms with Crippen molar-refractivity contribution in [1.29, 1.82) is 0 Å². The van der Waals surface area contributed by atoms with Gasteiger partial charge in [-0.15, -0.1) is 0 Å². The first kappa shape index (κ1) is 18.5. The highest BCUT2D eigenvalue weighted by atomic mass is 79.9. The van der Waals surface area contributed by atoms with Crippen molar-refractivity contribution < 1.29 is 0 Å². The number of halogens is 1. The number of rotatable bonds is 4. The summed E-state index contributed by atoms with van der Waals surface area (Å²) in [6.07, 6.45) is 5.78. The van der Waals surface area contributed by atoms with E-state index >= 15 is 0 Å². The third-order valence-electron chi connectivity index (χ3n) is 5.29. The fraction of sp³-hybridized carbons (Fsp3) is 0.524. The van der Waals surface area contributed by atoms with Gasteiger partial charge in [-0.05, 0) is 105 Å². The zero-order valence-corrected chi connectivity index (χ0v) is 17.3. The molecule has 3 rings (SSSR count). The normalized spacial score (nSPS) is 19.8. The van der Waals surface area contributed by atoms with Crippen molar-refractivity contribution in [3.63, 3.8) is 0 Å². The minimum absolute atomic E-state index is 0.410. The van der Waals surface area contributed by atoms with Crippen LogP contribution in [0.25, 0.3) is 0 Å². The van der Waals surface area contributed by atoms with Crippen molar-refractivity contribution in [3.8, 4) is 0 Å². The molecule has 1 aliphatic rings. The van der Waals surface area contributed by atoms with Gasteiger partial charge in [0.1, 0.15) is 0 Å². The molecule has 0 amide bonds. The van der Waals surface area contributed by atoms with Crippen LogP contribution in [0.15, 0.2) is 28.9 Å². The van der Waals surface area contributed by atoms with Gasteiger partial charge in [-0.2, -0.15) is 0 Å². The van der Waals surface area contributed by atoms with Crippen molar-refractivity contribution in [3.05, 3.63) is 57.1 Å². The standard InChI is InChI=1S/C21H28BrN3/c1-14-8-19(9-15(2)24-14)10-18-6-5-7-25(13-18)17(4)20-11-21(22)16(3)23-12-20/h8-9,11-12,17-18H,5-7,10,13H2,1-4H3/t17?,18-/m1/s1. The second-order valence-corrected chi connectivity index (χ2v) is 8.33. The quantitative estimate of drug-likeness (QED) is 0.706. The van der Waals surface area contributed by atoms with E-state index in [2.05, 4.69) is 69.8 Å². The van der Waals surface area contributed by atoms with Gasteiger partial charge in [-0.1, -0.05) is 0 Å². The van der Waals surface area contributed by atoms with Crippen LogP contribution in [0.4, 0.5) is 0 Å². The topological polar surface area (TPSA) is 29.0 Å². The average Bonchev–Trinajstić information content (AvgIpc) is 2.56. The maximum Gasteiger partial charge on any atom is 0.0514 e. The highest BCUT2D eigenvalue weighted by Gasteiger charge is 2.25. The van der Waals surface area contributed by atoms with E-state index in [-0.39, 0.29) is 0 Å². The first-order valence-electron chi connectivity index (χ1n) is 9.22. The molecule has 134 valence electrons. The lowest BCUT2D eigenvalue weighted by Gasteiger charge is -2.37. The summed E-state index contributed by atoms with van der Waals surface area (Å²) in [7, 11) is 0. The van der Waals surface area contributed by atoms with Crippen LogP contribution < -0.4 is 0 Å². The van der Waals surface area contributed by atoms with E-state index in [1.54, 1.807) is 0 Å². The molecule has 1 saturated heterocycles. The molecule has 0 bridgehead atoms. The molecular weight excluding hydrogens is 374 g/mol. The Kier molecular flexibility index (Phi) is 5.90. The van der Waals surface area contributed by atoms with Gasteiger partial charge in [0.25, 0.3) is 0 Å². The Morgan fingerprint density at radius 1 is 1.20 bits per heavy atom. The third kappa shape index (κ3) is 4.68. The van der Waals surface area contributed by atoms with E-state index < -0.39 is 0 Å². The summed E-state index contributed by atoms with van der Waals surface area (Å²) in [5.41, 5.74) is 6.05. The van der Waals surface area contributed by atoms with Crippen molar-refractivity contribution in [2.75, 3.05) is 13.1 Å². The van der Waals surface area contributed by atoms with E-state index in [4.69, 9.17) is 0 Å². The maximum atomic E-state index is 4.52. The fourth-order valence-electron chi connectivity index (χ4n) is 3.95. The summed E-state index contributed by atoms with van der Waals surface area (Å²) < 4.78 is 1.10. The Bertz CT molecular complexity index is 724. The van der Waals surface area contributed by atoms with Crippen LogP contribution in [-0.2, 0) is 6.42 Å². The second kappa shape index (κ2) is 7.96. The number of aryl methyl sites for hydroxylation is 3. The Morgan fingerprint density at radius 2 is 1.92 bits per heavy atom. The number of pyridine rings is 2. The van der Waals surface area contributed by atoms with Crippen LogP contribution in [0.1, 0.15) is 54.0 Å². The minimum atomic E-state index is 0.410. The third-order valence-corrected chi connectivity index (χ3v) is 6.10. The number of hydrogen-bond donors (Lipinski definition) is 0. The molecular formula is C21H28BrN3. The molecule has 25 heavy (non-hydrogen) atoms. The summed E-state index contributed by atoms with van der Waals surface area (Å²) in [6.45, 7) is 10.9. The first-order valence-corrected chi connectivity index (χ1v) is 10.0. The number of aromatic nitrogens is 2. The van der Waals surface area contributed by atoms with E-state index in [1.807, 2.05) is 13.1 Å². The van der Waals surface area contributed by atoms with Crippen molar-refractivity contribution in [1.82, 2.24) is 14.9 Å². The van der Waals surface area contributed by atoms with Crippen LogP contribution in [-0.4, -0.2) is 28.0 Å². The molecule has 0 aliphatic carbocycles. The molecule has 0 saturated carbocycles. The lowest BCUT2D eigenvalue weighted by molar-refractivity contribution is 0.131. The lowest BCUT2D eigenvalue weighted by Crippen LogP contribution is -2.38. The molecule has 1 aliphatic heterocycles. The van der Waals surface area contributed by atoms with Crippen LogP contribution in [0.5, 0.6) is 0 Å². The van der Waals surface area contributed by atoms with Crippen molar-refractivity contribution in [2.45, 2.75) is 53.0 Å². The van der Waals surface area contributed by atoms with Gasteiger partial charge in [0.15, 0.2) is 0 Å². The van der Waals surface area contributed by atoms with Gasteiger partial charge in [0, 0.05) is 34.6 Å². The van der Waals surface area contributed by atoms with E-state index in [0.29, 0.717) is 6.04 Å². The van der Waals surface area contributed by atoms with Crippen molar-refractivity contribution >= 4 is 15.9 Å². The fourth-order valence-corrected chi connectivity index (χ4v) is 4.31. The number of piperidine rings is 1. The van der Waals surface area contributed by atoms with E-state index in [0.717, 1.165) is 40.4 Å². The summed E-state index contributed by atoms with van der Waals surface area (Å²) in [5, 5.41) is 0. The lowest BCUT2D eigenvalue weighted by atomic mass is 9.90. The summed E-state index contributed by atoms with van der Waals surface area (Å²) in [4.78, 5) is 11.6. The predicted molar refractivity (Wildman–Crippen MR) is 107 cm³/mol. The molecule has 2 aromatic rings. The van der Waals surface area contributed by atoms with Gasteiger partial charge in [-0.25, -0.2) is 0 Å². The van der Waals surface area contributed by atoms with Crippen LogP contribution in [0.2, 0.25) is 0 Å². The van der Waals surface area contributed by atoms with Crippen molar-refractivity contribution in [2.24, 2.45) is 5.92 Å². The molecule has 0 spiro atoms. The number of likely N-dealkylation sites (tertiary alicyclic amines) is 1. The monoisotopic (exact) mass is 401 g/mol. The summed E-state index contributed by atoms with van der Waals surface area (Å²) >= 11 is 3.62. The van der Waals surface area contributed by atoms with Gasteiger partial charge in [-0.3, -0.25) is 14.9 Å². The molecule has 1 fully saturated rings. The Balaban J connectivity index is 1.68. The molecule has 1 unspecified atom stereocenters. The Labute approximate surface area is 160 Å². The first-order chi connectivity index (χ1) is 11.9. The predicted octanol–water partition coefficient (Wildman–Crippen LogP) is 5.18. The van der Waals surface area contributed by atoms with Crippen LogP contribution in [0, 0.1) is 26.7 Å². The molecule has 4 heteroatoms. The van der Waals surface area contributed by atoms with Gasteiger partial charge in [0.2, 0.25) is 0 Å². The Morgan fingerprint density at radius 3 is 2.60 bits per heavy atom. The highest BCUT2D eigenvalue weighted by Crippen LogP contribution is 2.29. The van der Waals surface area contributed by atoms with Crippen LogP contribution in [0.3, 0.4) is 0 Å². The molecule has 2 atom stereocenters. The Hall–Kier alpha value is -1.26. The molecule has 3 nitrogen and oxygen atoms in total. The largest absolute Gasteiger partial charge is 0.296 e. The van der Waals surface area contributed by atoms with Crippen LogP contribution >= 0.6 is 15.9 Å². The maximum absolute atomic E-state index is 4.52. The zero-order chi connectivity index (χ0) is 18.0.